The van der Waals surface area contributed by atoms with Crippen molar-refractivity contribution in [3.05, 3.63) is 70.6 Å². The molecule has 7 nitrogen and oxygen atoms in total. The number of rotatable bonds is 6. The molecule has 0 spiro atoms. The SMILES string of the molecule is C[C@H](C(N)=O)n1ccc2c(NC(=O)Cc3cccc(OC(F)(F)F)c3)cccc2c1=O. The molecule has 1 aromatic heterocycles. The van der Waals surface area contributed by atoms with E-state index in [1.807, 2.05) is 0 Å². The third kappa shape index (κ3) is 5.21. The number of halogens is 3. The Labute approximate surface area is 174 Å². The third-order valence-electron chi connectivity index (χ3n) is 4.57. The monoisotopic (exact) mass is 433 g/mol. The van der Waals surface area contributed by atoms with E-state index in [-0.39, 0.29) is 11.8 Å². The summed E-state index contributed by atoms with van der Waals surface area (Å²) in [7, 11) is 0. The molecule has 2 aromatic carbocycles. The molecule has 31 heavy (non-hydrogen) atoms. The van der Waals surface area contributed by atoms with Crippen molar-refractivity contribution >= 4 is 28.3 Å². The van der Waals surface area contributed by atoms with Gasteiger partial charge in [0.1, 0.15) is 11.8 Å². The Kier molecular flexibility index (Phi) is 6.00. The molecule has 0 aliphatic heterocycles. The normalized spacial score (nSPS) is 12.4. The maximum absolute atomic E-state index is 12.7. The predicted molar refractivity (Wildman–Crippen MR) is 108 cm³/mol. The summed E-state index contributed by atoms with van der Waals surface area (Å²) in [6, 6.07) is 10.5. The molecule has 2 amide bonds. The van der Waals surface area contributed by atoms with E-state index in [4.69, 9.17) is 5.73 Å². The zero-order chi connectivity index (χ0) is 22.8. The standard InChI is InChI=1S/C21H18F3N3O4/c1-12(19(25)29)27-9-8-15-16(20(27)30)6-3-7-17(15)26-18(28)11-13-4-2-5-14(10-13)31-21(22,23)24/h2-10,12H,11H2,1H3,(H2,25,29)(H,26,28)/t12-/m1/s1. The Morgan fingerprint density at radius 1 is 1.13 bits per heavy atom. The molecule has 0 aliphatic carbocycles. The quantitative estimate of drug-likeness (QED) is 0.623. The van der Waals surface area contributed by atoms with Crippen molar-refractivity contribution in [3.8, 4) is 5.75 Å². The molecule has 0 radical (unpaired) electrons. The second-order valence-corrected chi connectivity index (χ2v) is 6.79. The van der Waals surface area contributed by atoms with Crippen molar-refractivity contribution in [1.29, 1.82) is 0 Å². The van der Waals surface area contributed by atoms with E-state index < -0.39 is 35.5 Å². The number of alkyl halides is 3. The molecule has 0 bridgehead atoms. The molecule has 0 saturated carbocycles. The molecule has 10 heteroatoms. The Morgan fingerprint density at radius 3 is 2.52 bits per heavy atom. The van der Waals surface area contributed by atoms with Crippen LogP contribution in [0.15, 0.2) is 59.5 Å². The summed E-state index contributed by atoms with van der Waals surface area (Å²) in [5.74, 6) is -1.58. The first kappa shape index (κ1) is 21.9. The van der Waals surface area contributed by atoms with Crippen LogP contribution in [-0.4, -0.2) is 22.7 Å². The van der Waals surface area contributed by atoms with Crippen LogP contribution in [0.3, 0.4) is 0 Å². The molecule has 3 aromatic rings. The summed E-state index contributed by atoms with van der Waals surface area (Å²) < 4.78 is 42.2. The summed E-state index contributed by atoms with van der Waals surface area (Å²) >= 11 is 0. The lowest BCUT2D eigenvalue weighted by molar-refractivity contribution is -0.274. The Bertz CT molecular complexity index is 1200. The first-order valence-corrected chi connectivity index (χ1v) is 9.13. The van der Waals surface area contributed by atoms with Gasteiger partial charge < -0.3 is 20.4 Å². The van der Waals surface area contributed by atoms with Crippen molar-refractivity contribution in [1.82, 2.24) is 4.57 Å². The number of carbonyl (C=O) groups excluding carboxylic acids is 2. The number of primary amides is 1. The van der Waals surface area contributed by atoms with Gasteiger partial charge in [-0.05, 0) is 42.8 Å². The number of hydrogen-bond acceptors (Lipinski definition) is 4. The number of nitrogens with zero attached hydrogens (tertiary/aromatic N) is 1. The topological polar surface area (TPSA) is 103 Å². The number of benzene rings is 2. The van der Waals surface area contributed by atoms with Gasteiger partial charge in [0, 0.05) is 22.7 Å². The van der Waals surface area contributed by atoms with Gasteiger partial charge in [0.15, 0.2) is 0 Å². The van der Waals surface area contributed by atoms with Crippen molar-refractivity contribution in [3.63, 3.8) is 0 Å². The van der Waals surface area contributed by atoms with Crippen LogP contribution in [0.5, 0.6) is 5.75 Å². The molecule has 1 atom stereocenters. The largest absolute Gasteiger partial charge is 0.573 e. The molecular formula is C21H18F3N3O4. The number of nitrogens with two attached hydrogens (primary N) is 1. The zero-order valence-corrected chi connectivity index (χ0v) is 16.3. The lowest BCUT2D eigenvalue weighted by Gasteiger charge is -2.14. The van der Waals surface area contributed by atoms with Gasteiger partial charge in [0.2, 0.25) is 11.8 Å². The van der Waals surface area contributed by atoms with E-state index in [0.29, 0.717) is 16.6 Å². The van der Waals surface area contributed by atoms with Gasteiger partial charge in [0.05, 0.1) is 6.42 Å². The molecule has 162 valence electrons. The van der Waals surface area contributed by atoms with Gasteiger partial charge in [-0.1, -0.05) is 18.2 Å². The third-order valence-corrected chi connectivity index (χ3v) is 4.57. The second-order valence-electron chi connectivity index (χ2n) is 6.79. The fourth-order valence-electron chi connectivity index (χ4n) is 3.08. The van der Waals surface area contributed by atoms with Crippen molar-refractivity contribution in [2.75, 3.05) is 5.32 Å². The van der Waals surface area contributed by atoms with E-state index >= 15 is 0 Å². The first-order chi connectivity index (χ1) is 14.5. The predicted octanol–water partition coefficient (Wildman–Crippen LogP) is 3.13. The molecule has 0 saturated heterocycles. The smallest absolute Gasteiger partial charge is 0.406 e. The summed E-state index contributed by atoms with van der Waals surface area (Å²) in [6.45, 7) is 1.50. The fraction of sp³-hybridized carbons (Fsp3) is 0.190. The number of carbonyl (C=O) groups is 2. The van der Waals surface area contributed by atoms with Gasteiger partial charge in [0.25, 0.3) is 5.56 Å². The van der Waals surface area contributed by atoms with Gasteiger partial charge in [-0.3, -0.25) is 14.4 Å². The molecule has 1 heterocycles. The summed E-state index contributed by atoms with van der Waals surface area (Å²) in [6.07, 6.45) is -3.63. The van der Waals surface area contributed by atoms with Crippen LogP contribution < -0.4 is 21.3 Å². The first-order valence-electron chi connectivity index (χ1n) is 9.13. The molecule has 0 unspecified atom stereocenters. The Morgan fingerprint density at radius 2 is 1.84 bits per heavy atom. The number of amides is 2. The van der Waals surface area contributed by atoms with E-state index in [2.05, 4.69) is 10.1 Å². The lowest BCUT2D eigenvalue weighted by Crippen LogP contribution is -2.31. The van der Waals surface area contributed by atoms with Crippen LogP contribution in [0.25, 0.3) is 10.8 Å². The Hall–Kier alpha value is -3.82. The lowest BCUT2D eigenvalue weighted by atomic mass is 10.1. The maximum Gasteiger partial charge on any atom is 0.573 e. The van der Waals surface area contributed by atoms with Crippen LogP contribution in [0.2, 0.25) is 0 Å². The highest BCUT2D eigenvalue weighted by Gasteiger charge is 2.31. The van der Waals surface area contributed by atoms with Crippen molar-refractivity contribution in [2.45, 2.75) is 25.7 Å². The van der Waals surface area contributed by atoms with E-state index in [9.17, 15) is 27.6 Å². The maximum atomic E-state index is 12.7. The van der Waals surface area contributed by atoms with Crippen LogP contribution in [-0.2, 0) is 16.0 Å². The summed E-state index contributed by atoms with van der Waals surface area (Å²) in [5.41, 5.74) is 5.49. The minimum absolute atomic E-state index is 0.207. The average Bonchev–Trinajstić information content (AvgIpc) is 2.67. The van der Waals surface area contributed by atoms with Gasteiger partial charge in [-0.2, -0.15) is 0 Å². The number of pyridine rings is 1. The van der Waals surface area contributed by atoms with Crippen LogP contribution in [0, 0.1) is 0 Å². The zero-order valence-electron chi connectivity index (χ0n) is 16.3. The van der Waals surface area contributed by atoms with Crippen LogP contribution in [0.4, 0.5) is 18.9 Å². The number of ether oxygens (including phenoxy) is 1. The van der Waals surface area contributed by atoms with Crippen molar-refractivity contribution in [2.24, 2.45) is 5.73 Å². The molecule has 0 fully saturated rings. The molecule has 0 aliphatic rings. The fourth-order valence-corrected chi connectivity index (χ4v) is 3.08. The number of hydrogen-bond donors (Lipinski definition) is 2. The minimum Gasteiger partial charge on any atom is -0.406 e. The highest BCUT2D eigenvalue weighted by molar-refractivity contribution is 6.02. The number of anilines is 1. The Balaban J connectivity index is 1.83. The minimum atomic E-state index is -4.83. The summed E-state index contributed by atoms with van der Waals surface area (Å²) in [4.78, 5) is 36.6. The van der Waals surface area contributed by atoms with Gasteiger partial charge in [-0.15, -0.1) is 13.2 Å². The summed E-state index contributed by atoms with van der Waals surface area (Å²) in [5, 5.41) is 3.38. The van der Waals surface area contributed by atoms with Gasteiger partial charge in [-0.25, -0.2) is 0 Å². The van der Waals surface area contributed by atoms with Crippen LogP contribution >= 0.6 is 0 Å². The van der Waals surface area contributed by atoms with Crippen LogP contribution in [0.1, 0.15) is 18.5 Å². The second kappa shape index (κ2) is 8.50. The highest BCUT2D eigenvalue weighted by Crippen LogP contribution is 2.24. The molecule has 3 rings (SSSR count). The van der Waals surface area contributed by atoms with E-state index in [0.717, 1.165) is 12.1 Å². The number of aromatic nitrogens is 1. The molecule has 3 N–H and O–H groups in total. The van der Waals surface area contributed by atoms with E-state index in [1.54, 1.807) is 24.3 Å². The number of fused-ring (bicyclic) bond motifs is 1. The highest BCUT2D eigenvalue weighted by atomic mass is 19.4. The number of nitrogens with one attached hydrogen (secondary N) is 1. The average molecular weight is 433 g/mol. The van der Waals surface area contributed by atoms with Gasteiger partial charge >= 0.3 is 6.36 Å². The van der Waals surface area contributed by atoms with E-state index in [1.165, 1.54) is 29.8 Å². The molecular weight excluding hydrogens is 415 g/mol. The van der Waals surface area contributed by atoms with Crippen molar-refractivity contribution < 1.29 is 27.5 Å².